The van der Waals surface area contributed by atoms with Crippen molar-refractivity contribution >= 4 is 17.9 Å². The third-order valence-electron chi connectivity index (χ3n) is 15.9. The van der Waals surface area contributed by atoms with Crippen LogP contribution in [0.2, 0.25) is 0 Å². The molecule has 6 heteroatoms. The summed E-state index contributed by atoms with van der Waals surface area (Å²) in [5, 5.41) is 0. The van der Waals surface area contributed by atoms with Crippen molar-refractivity contribution in [2.45, 2.75) is 374 Å². The second-order valence-electron chi connectivity index (χ2n) is 24.1. The monoisotopic (exact) mass is 1160 g/mol. The molecule has 0 radical (unpaired) electrons. The molecule has 6 nitrogen and oxygen atoms in total. The first-order valence-corrected chi connectivity index (χ1v) is 36.1. The topological polar surface area (TPSA) is 78.9 Å². The van der Waals surface area contributed by atoms with Crippen LogP contribution < -0.4 is 0 Å². The molecular weight excluding hydrogens is 1020 g/mol. The molecule has 0 aliphatic rings. The fourth-order valence-corrected chi connectivity index (χ4v) is 10.5. The van der Waals surface area contributed by atoms with Gasteiger partial charge in [-0.05, 0) is 96.3 Å². The first-order valence-electron chi connectivity index (χ1n) is 36.1. The average molecular weight is 1160 g/mol. The summed E-state index contributed by atoms with van der Waals surface area (Å²) in [6.07, 6.45) is 94.7. The summed E-state index contributed by atoms with van der Waals surface area (Å²) in [7, 11) is 0. The van der Waals surface area contributed by atoms with Crippen LogP contribution in [0.15, 0.2) is 85.1 Å². The van der Waals surface area contributed by atoms with Crippen molar-refractivity contribution in [1.29, 1.82) is 0 Å². The van der Waals surface area contributed by atoms with Gasteiger partial charge in [-0.1, -0.05) is 337 Å². The maximum Gasteiger partial charge on any atom is 0.306 e. The normalized spacial score (nSPS) is 12.6. The second kappa shape index (κ2) is 71.1. The number of hydrogen-bond donors (Lipinski definition) is 0. The number of esters is 3. The van der Waals surface area contributed by atoms with Gasteiger partial charge in [0.1, 0.15) is 13.2 Å². The fraction of sp³-hybridized carbons (Fsp3) is 0.779. The van der Waals surface area contributed by atoms with Gasteiger partial charge in [0.05, 0.1) is 0 Å². The smallest absolute Gasteiger partial charge is 0.306 e. The third kappa shape index (κ3) is 69.3. The SMILES string of the molecule is CC/C=C\C/C=C\C/C=C\C/C=C\C/C=C\C/C=C\CCCCCCCCCCCCC(=O)OCC(COC(=O)CCCCCCCCCCCCC)OC(=O)CCCCCCCCCCCCCCC/C=C\CCCCCCCCCC. The lowest BCUT2D eigenvalue weighted by atomic mass is 10.0. The number of ether oxygens (including phenoxy) is 3. The van der Waals surface area contributed by atoms with Crippen molar-refractivity contribution in [3.8, 4) is 0 Å². The Bertz CT molecular complexity index is 1570. The lowest BCUT2D eigenvalue weighted by molar-refractivity contribution is -0.167. The first-order chi connectivity index (χ1) is 41.0. The molecule has 0 rings (SSSR count). The summed E-state index contributed by atoms with van der Waals surface area (Å²) in [4.78, 5) is 38.4. The average Bonchev–Trinajstić information content (AvgIpc) is 3.48. The molecule has 0 aliphatic heterocycles. The molecule has 0 amide bonds. The number of unbranched alkanes of at least 4 members (excludes halogenated alkanes) is 41. The molecule has 0 aromatic heterocycles. The van der Waals surface area contributed by atoms with Crippen molar-refractivity contribution in [2.75, 3.05) is 13.2 Å². The zero-order valence-electron chi connectivity index (χ0n) is 55.2. The van der Waals surface area contributed by atoms with E-state index in [9.17, 15) is 14.4 Å². The lowest BCUT2D eigenvalue weighted by Gasteiger charge is -2.18. The van der Waals surface area contributed by atoms with Crippen molar-refractivity contribution < 1.29 is 28.6 Å². The van der Waals surface area contributed by atoms with Gasteiger partial charge in [0.25, 0.3) is 0 Å². The molecule has 0 saturated heterocycles. The molecule has 0 aromatic rings. The van der Waals surface area contributed by atoms with Gasteiger partial charge in [-0.2, -0.15) is 0 Å². The second-order valence-corrected chi connectivity index (χ2v) is 24.1. The van der Waals surface area contributed by atoms with Gasteiger partial charge in [-0.25, -0.2) is 0 Å². The van der Waals surface area contributed by atoms with Crippen LogP contribution >= 0.6 is 0 Å². The van der Waals surface area contributed by atoms with Crippen molar-refractivity contribution in [2.24, 2.45) is 0 Å². The molecule has 0 saturated carbocycles. The third-order valence-corrected chi connectivity index (χ3v) is 15.9. The summed E-state index contributed by atoms with van der Waals surface area (Å²) < 4.78 is 17.0. The van der Waals surface area contributed by atoms with E-state index < -0.39 is 6.10 Å². The zero-order valence-corrected chi connectivity index (χ0v) is 55.2. The Balaban J connectivity index is 4.22. The lowest BCUT2D eigenvalue weighted by Crippen LogP contribution is -2.30. The summed E-state index contributed by atoms with van der Waals surface area (Å²) in [6, 6.07) is 0. The predicted molar refractivity (Wildman–Crippen MR) is 362 cm³/mol. The van der Waals surface area contributed by atoms with Crippen LogP contribution in [0.1, 0.15) is 367 Å². The van der Waals surface area contributed by atoms with E-state index in [0.717, 1.165) is 96.3 Å². The molecule has 0 aliphatic carbocycles. The molecule has 1 unspecified atom stereocenters. The zero-order chi connectivity index (χ0) is 59.9. The maximum atomic E-state index is 13.0. The quantitative estimate of drug-likeness (QED) is 0.0261. The first kappa shape index (κ1) is 79.6. The molecule has 0 spiro atoms. The Hall–Kier alpha value is -3.41. The fourth-order valence-electron chi connectivity index (χ4n) is 10.5. The van der Waals surface area contributed by atoms with Crippen molar-refractivity contribution in [3.63, 3.8) is 0 Å². The molecule has 0 bridgehead atoms. The summed E-state index contributed by atoms with van der Waals surface area (Å²) in [5.74, 6) is -0.859. The largest absolute Gasteiger partial charge is 0.462 e. The number of carbonyl (C=O) groups is 3. The van der Waals surface area contributed by atoms with E-state index in [1.807, 2.05) is 0 Å². The number of allylic oxidation sites excluding steroid dienone is 14. The maximum absolute atomic E-state index is 13.0. The summed E-state index contributed by atoms with van der Waals surface area (Å²) in [5.41, 5.74) is 0. The van der Waals surface area contributed by atoms with Gasteiger partial charge in [0, 0.05) is 19.3 Å². The van der Waals surface area contributed by atoms with E-state index in [2.05, 4.69) is 106 Å². The van der Waals surface area contributed by atoms with Gasteiger partial charge in [-0.15, -0.1) is 0 Å². The Morgan fingerprint density at radius 3 is 0.747 bits per heavy atom. The van der Waals surface area contributed by atoms with Crippen LogP contribution in [-0.2, 0) is 28.6 Å². The molecule has 1 atom stereocenters. The number of carbonyl (C=O) groups excluding carboxylic acids is 3. The van der Waals surface area contributed by atoms with Gasteiger partial charge in [-0.3, -0.25) is 14.4 Å². The molecular formula is C77H136O6. The highest BCUT2D eigenvalue weighted by atomic mass is 16.6. The van der Waals surface area contributed by atoms with Gasteiger partial charge < -0.3 is 14.2 Å². The molecule has 0 fully saturated rings. The van der Waals surface area contributed by atoms with Gasteiger partial charge >= 0.3 is 17.9 Å². The molecule has 83 heavy (non-hydrogen) atoms. The minimum Gasteiger partial charge on any atom is -0.462 e. The van der Waals surface area contributed by atoms with Crippen LogP contribution in [0, 0.1) is 0 Å². The van der Waals surface area contributed by atoms with Crippen LogP contribution in [0.5, 0.6) is 0 Å². The summed E-state index contributed by atoms with van der Waals surface area (Å²) in [6.45, 7) is 6.57. The van der Waals surface area contributed by atoms with Crippen LogP contribution in [0.25, 0.3) is 0 Å². The molecule has 0 heterocycles. The van der Waals surface area contributed by atoms with Crippen LogP contribution in [0.4, 0.5) is 0 Å². The Kier molecular flexibility index (Phi) is 68.2. The van der Waals surface area contributed by atoms with Crippen molar-refractivity contribution in [3.05, 3.63) is 85.1 Å². The van der Waals surface area contributed by atoms with Crippen molar-refractivity contribution in [1.82, 2.24) is 0 Å². The van der Waals surface area contributed by atoms with E-state index in [4.69, 9.17) is 14.2 Å². The highest BCUT2D eigenvalue weighted by Crippen LogP contribution is 2.18. The highest BCUT2D eigenvalue weighted by Gasteiger charge is 2.19. The van der Waals surface area contributed by atoms with E-state index in [1.54, 1.807) is 0 Å². The molecule has 0 aromatic carbocycles. The number of rotatable bonds is 66. The minimum atomic E-state index is -0.777. The predicted octanol–water partition coefficient (Wildman–Crippen LogP) is 25.0. The van der Waals surface area contributed by atoms with E-state index >= 15 is 0 Å². The highest BCUT2D eigenvalue weighted by molar-refractivity contribution is 5.71. The Labute approximate surface area is 515 Å². The van der Waals surface area contributed by atoms with Gasteiger partial charge in [0.2, 0.25) is 0 Å². The Morgan fingerprint density at radius 1 is 0.253 bits per heavy atom. The van der Waals surface area contributed by atoms with Gasteiger partial charge in [0.15, 0.2) is 6.10 Å². The van der Waals surface area contributed by atoms with Crippen LogP contribution in [-0.4, -0.2) is 37.2 Å². The summed E-state index contributed by atoms with van der Waals surface area (Å²) >= 11 is 0. The Morgan fingerprint density at radius 2 is 0.470 bits per heavy atom. The van der Waals surface area contributed by atoms with E-state index in [-0.39, 0.29) is 31.1 Å². The molecule has 480 valence electrons. The standard InChI is InChI=1S/C77H136O6/c1-4-7-10-13-16-19-22-24-26-28-30-32-34-36-37-38-39-41-42-44-46-48-50-52-55-58-61-64-67-70-76(79)82-73-74(72-81-75(78)69-66-63-60-57-54-21-18-15-12-9-6-3)83-77(80)71-68-65-62-59-56-53-51-49-47-45-43-40-35-33-31-29-27-25-23-20-17-14-11-8-5-2/h7,10,16,19,24,26,29-32,36-37,39,41,74H,4-6,8-9,11-15,17-18,20-23,25,27-28,33-35,38,40,42-73H2,1-3H3/b10-7-,19-16-,26-24-,31-29-,32-30-,37-36-,41-39-. The molecule has 0 N–H and O–H groups in total. The van der Waals surface area contributed by atoms with E-state index in [1.165, 1.54) is 231 Å². The van der Waals surface area contributed by atoms with E-state index in [0.29, 0.717) is 19.3 Å². The number of hydrogen-bond acceptors (Lipinski definition) is 6. The minimum absolute atomic E-state index is 0.0730. The van der Waals surface area contributed by atoms with Crippen LogP contribution in [0.3, 0.4) is 0 Å².